The molecule has 2 unspecified atom stereocenters. The van der Waals surface area contributed by atoms with Gasteiger partial charge in [-0.1, -0.05) is 32.4 Å². The topological polar surface area (TPSA) is 41.1 Å². The summed E-state index contributed by atoms with van der Waals surface area (Å²) >= 11 is 8.28. The van der Waals surface area contributed by atoms with Crippen LogP contribution in [0.4, 0.5) is 11.8 Å². The van der Waals surface area contributed by atoms with E-state index in [0.29, 0.717) is 21.5 Å². The van der Waals surface area contributed by atoms with E-state index in [0.717, 1.165) is 31.9 Å². The van der Waals surface area contributed by atoms with E-state index >= 15 is 0 Å². The van der Waals surface area contributed by atoms with Gasteiger partial charge in [0.15, 0.2) is 5.82 Å². The van der Waals surface area contributed by atoms with Crippen LogP contribution in [0.1, 0.15) is 27.2 Å². The molecule has 0 saturated carbocycles. The van der Waals surface area contributed by atoms with Gasteiger partial charge in [-0.2, -0.15) is 16.7 Å². The molecule has 1 aliphatic rings. The summed E-state index contributed by atoms with van der Waals surface area (Å²) in [6.45, 7) is 9.47. The summed E-state index contributed by atoms with van der Waals surface area (Å²) in [4.78, 5) is 11.1. The third-order valence-electron chi connectivity index (χ3n) is 2.98. The van der Waals surface area contributed by atoms with E-state index in [1.54, 1.807) is 6.20 Å². The van der Waals surface area contributed by atoms with Crippen molar-refractivity contribution in [2.45, 2.75) is 37.7 Å². The average molecular weight is 301 g/mol. The molecule has 2 heterocycles. The van der Waals surface area contributed by atoms with E-state index in [2.05, 4.69) is 41.0 Å². The maximum Gasteiger partial charge on any atom is 0.224 e. The van der Waals surface area contributed by atoms with Gasteiger partial charge < -0.3 is 10.2 Å². The molecule has 1 aromatic rings. The second-order valence-electron chi connectivity index (χ2n) is 4.95. The van der Waals surface area contributed by atoms with Crippen LogP contribution < -0.4 is 10.2 Å². The molecule has 106 valence electrons. The van der Waals surface area contributed by atoms with E-state index in [4.69, 9.17) is 11.6 Å². The maximum absolute atomic E-state index is 6.26. The Morgan fingerprint density at radius 1 is 1.42 bits per heavy atom. The van der Waals surface area contributed by atoms with Crippen molar-refractivity contribution in [2.75, 3.05) is 29.9 Å². The van der Waals surface area contributed by atoms with Crippen LogP contribution in [0.2, 0.25) is 5.02 Å². The molecule has 0 amide bonds. The fourth-order valence-corrected chi connectivity index (χ4v) is 3.79. The monoisotopic (exact) mass is 300 g/mol. The molecule has 0 aromatic carbocycles. The summed E-state index contributed by atoms with van der Waals surface area (Å²) in [5.74, 6) is 1.52. The van der Waals surface area contributed by atoms with Crippen molar-refractivity contribution in [1.82, 2.24) is 9.97 Å². The highest BCUT2D eigenvalue weighted by Crippen LogP contribution is 2.31. The first-order valence-electron chi connectivity index (χ1n) is 6.77. The fraction of sp³-hybridized carbons (Fsp3) is 0.692. The van der Waals surface area contributed by atoms with Gasteiger partial charge in [0.2, 0.25) is 5.95 Å². The fourth-order valence-electron chi connectivity index (χ4n) is 2.25. The molecule has 2 atom stereocenters. The molecule has 1 saturated heterocycles. The van der Waals surface area contributed by atoms with Gasteiger partial charge in [0.05, 0.1) is 6.20 Å². The molecule has 1 aliphatic heterocycles. The van der Waals surface area contributed by atoms with E-state index in [1.165, 1.54) is 0 Å². The van der Waals surface area contributed by atoms with Crippen LogP contribution in [0.5, 0.6) is 0 Å². The van der Waals surface area contributed by atoms with Crippen molar-refractivity contribution in [3.63, 3.8) is 0 Å². The lowest BCUT2D eigenvalue weighted by molar-refractivity contribution is 0.717. The first-order valence-corrected chi connectivity index (χ1v) is 8.09. The van der Waals surface area contributed by atoms with E-state index in [1.807, 2.05) is 11.8 Å². The minimum Gasteiger partial charge on any atom is -0.354 e. The van der Waals surface area contributed by atoms with E-state index in [-0.39, 0.29) is 0 Å². The zero-order valence-electron chi connectivity index (χ0n) is 11.7. The normalized spacial score (nSPS) is 23.5. The molecule has 0 radical (unpaired) electrons. The highest BCUT2D eigenvalue weighted by atomic mass is 35.5. The Labute approximate surface area is 124 Å². The Bertz CT molecular complexity index is 419. The smallest absolute Gasteiger partial charge is 0.224 e. The number of hydrogen-bond donors (Lipinski definition) is 1. The number of hydrogen-bond acceptors (Lipinski definition) is 5. The van der Waals surface area contributed by atoms with Crippen molar-refractivity contribution in [2.24, 2.45) is 0 Å². The van der Waals surface area contributed by atoms with Gasteiger partial charge in [0, 0.05) is 30.1 Å². The third-order valence-corrected chi connectivity index (χ3v) is 4.47. The number of halogens is 1. The number of anilines is 2. The van der Waals surface area contributed by atoms with Crippen LogP contribution in [-0.2, 0) is 0 Å². The predicted octanol–water partition coefficient (Wildman–Crippen LogP) is 3.28. The SMILES string of the molecule is CCCNc1ncc(Cl)c(N2CC(C)SC(C)C2)n1. The molecule has 2 rings (SSSR count). The number of aromatic nitrogens is 2. The van der Waals surface area contributed by atoms with Crippen LogP contribution in [0.25, 0.3) is 0 Å². The van der Waals surface area contributed by atoms with Gasteiger partial charge in [-0.3, -0.25) is 0 Å². The van der Waals surface area contributed by atoms with Gasteiger partial charge in [-0.05, 0) is 6.42 Å². The van der Waals surface area contributed by atoms with Crippen LogP contribution in [0.15, 0.2) is 6.20 Å². The lowest BCUT2D eigenvalue weighted by Crippen LogP contribution is -2.41. The molecule has 0 bridgehead atoms. The Balaban J connectivity index is 2.17. The van der Waals surface area contributed by atoms with Gasteiger partial charge in [-0.15, -0.1) is 0 Å². The minimum absolute atomic E-state index is 0.599. The largest absolute Gasteiger partial charge is 0.354 e. The minimum atomic E-state index is 0.599. The maximum atomic E-state index is 6.26. The molecule has 1 fully saturated rings. The van der Waals surface area contributed by atoms with Crippen molar-refractivity contribution in [3.05, 3.63) is 11.2 Å². The summed E-state index contributed by atoms with van der Waals surface area (Å²) in [7, 11) is 0. The van der Waals surface area contributed by atoms with Gasteiger partial charge in [0.25, 0.3) is 0 Å². The van der Waals surface area contributed by atoms with Crippen LogP contribution in [0.3, 0.4) is 0 Å². The van der Waals surface area contributed by atoms with Crippen LogP contribution in [0, 0.1) is 0 Å². The average Bonchev–Trinajstić information content (AvgIpc) is 2.36. The van der Waals surface area contributed by atoms with Crippen LogP contribution >= 0.6 is 23.4 Å². The molecule has 0 spiro atoms. The number of nitrogens with zero attached hydrogens (tertiary/aromatic N) is 3. The van der Waals surface area contributed by atoms with E-state index in [9.17, 15) is 0 Å². The second-order valence-corrected chi connectivity index (χ2v) is 7.24. The summed E-state index contributed by atoms with van der Waals surface area (Å²) < 4.78 is 0. The standard InChI is InChI=1S/C13H21ClN4S/c1-4-5-15-13-16-6-11(14)12(17-13)18-7-9(2)19-10(3)8-18/h6,9-10H,4-5,7-8H2,1-3H3,(H,15,16,17). The lowest BCUT2D eigenvalue weighted by Gasteiger charge is -2.35. The molecule has 1 aromatic heterocycles. The zero-order chi connectivity index (χ0) is 13.8. The molecule has 4 nitrogen and oxygen atoms in total. The second kappa shape index (κ2) is 6.66. The van der Waals surface area contributed by atoms with Gasteiger partial charge >= 0.3 is 0 Å². The summed E-state index contributed by atoms with van der Waals surface area (Å²) in [5.41, 5.74) is 0. The Morgan fingerprint density at radius 3 is 2.74 bits per heavy atom. The van der Waals surface area contributed by atoms with E-state index < -0.39 is 0 Å². The predicted molar refractivity (Wildman–Crippen MR) is 84.6 cm³/mol. The highest BCUT2D eigenvalue weighted by Gasteiger charge is 2.25. The number of rotatable bonds is 4. The number of nitrogens with one attached hydrogen (secondary N) is 1. The Kier molecular flexibility index (Phi) is 5.16. The number of thioether (sulfide) groups is 1. The summed E-state index contributed by atoms with van der Waals surface area (Å²) in [6.07, 6.45) is 2.74. The van der Waals surface area contributed by atoms with Crippen molar-refractivity contribution in [3.8, 4) is 0 Å². The summed E-state index contributed by atoms with van der Waals surface area (Å²) in [6, 6.07) is 0. The molecule has 6 heteroatoms. The molecule has 1 N–H and O–H groups in total. The first kappa shape index (κ1) is 14.7. The van der Waals surface area contributed by atoms with Gasteiger partial charge in [0.1, 0.15) is 5.02 Å². The molecule has 19 heavy (non-hydrogen) atoms. The van der Waals surface area contributed by atoms with Gasteiger partial charge in [-0.25, -0.2) is 4.98 Å². The third kappa shape index (κ3) is 3.89. The molecule has 0 aliphatic carbocycles. The van der Waals surface area contributed by atoms with Crippen molar-refractivity contribution in [1.29, 1.82) is 0 Å². The molecular formula is C13H21ClN4S. The van der Waals surface area contributed by atoms with Crippen molar-refractivity contribution < 1.29 is 0 Å². The first-order chi connectivity index (χ1) is 9.10. The van der Waals surface area contributed by atoms with Crippen LogP contribution in [-0.4, -0.2) is 40.1 Å². The van der Waals surface area contributed by atoms with Crippen molar-refractivity contribution >= 4 is 35.1 Å². The highest BCUT2D eigenvalue weighted by molar-refractivity contribution is 8.00. The quantitative estimate of drug-likeness (QED) is 0.924. The Hall–Kier alpha value is -0.680. The lowest BCUT2D eigenvalue weighted by atomic mass is 10.3. The summed E-state index contributed by atoms with van der Waals surface area (Å²) in [5, 5.41) is 5.04. The Morgan fingerprint density at radius 2 is 2.11 bits per heavy atom. The molecular weight excluding hydrogens is 280 g/mol. The zero-order valence-corrected chi connectivity index (χ0v) is 13.3.